The Labute approximate surface area is 401 Å². The molecule has 0 atom stereocenters. The largest absolute Gasteiger partial charge is 0.509 e. The molecule has 0 saturated carbocycles. The number of hydrogen-bond donors (Lipinski definition) is 0. The predicted molar refractivity (Wildman–Crippen MR) is 259 cm³/mol. The van der Waals surface area contributed by atoms with Gasteiger partial charge in [0.2, 0.25) is 0 Å². The number of nitrogens with zero attached hydrogens (tertiary/aromatic N) is 4. The van der Waals surface area contributed by atoms with Gasteiger partial charge in [0, 0.05) is 72.5 Å². The van der Waals surface area contributed by atoms with E-state index in [4.69, 9.17) is 22.1 Å². The number of aromatic nitrogens is 2. The summed E-state index contributed by atoms with van der Waals surface area (Å²) in [4.78, 5) is 8.51. The van der Waals surface area contributed by atoms with Crippen molar-refractivity contribution in [1.82, 2.24) is 9.55 Å². The molecule has 2 aromatic heterocycles. The van der Waals surface area contributed by atoms with Crippen LogP contribution in [0.4, 0.5) is 22.7 Å². The molecule has 64 heavy (non-hydrogen) atoms. The minimum Gasteiger partial charge on any atom is -0.509 e. The molecule has 0 bridgehead atoms. The third-order valence-corrected chi connectivity index (χ3v) is 11.3. The fraction of sp³-hybridized carbons (Fsp3) is 0.0690. The molecule has 11 rings (SSSR count). The number of fused-ring (bicyclic) bond motifs is 4. The Bertz CT molecular complexity index is 3800. The third-order valence-electron chi connectivity index (χ3n) is 11.3. The van der Waals surface area contributed by atoms with Gasteiger partial charge in [0.1, 0.15) is 5.82 Å². The summed E-state index contributed by atoms with van der Waals surface area (Å²) in [7, 11) is 0. The zero-order valence-electron chi connectivity index (χ0n) is 43.9. The molecule has 10 aromatic rings. The van der Waals surface area contributed by atoms with Crippen molar-refractivity contribution in [3.8, 4) is 50.7 Å². The average Bonchev–Trinajstić information content (AvgIpc) is 3.93. The summed E-state index contributed by atoms with van der Waals surface area (Å²) in [6.45, 7) is 8.12. The molecule has 0 aliphatic carbocycles. The maximum atomic E-state index is 9.11. The van der Waals surface area contributed by atoms with Crippen LogP contribution in [-0.4, -0.2) is 9.55 Å². The normalized spacial score (nSPS) is 14.3. The maximum absolute atomic E-state index is 9.11. The average molecular weight is 1020 g/mol. The fourth-order valence-electron chi connectivity index (χ4n) is 8.30. The van der Waals surface area contributed by atoms with Crippen molar-refractivity contribution in [2.45, 2.75) is 26.2 Å². The molecule has 0 saturated heterocycles. The number of benzene rings is 8. The first-order chi connectivity index (χ1) is 34.6. The molecule has 0 amide bonds. The van der Waals surface area contributed by atoms with Crippen molar-refractivity contribution in [1.29, 1.82) is 0 Å². The van der Waals surface area contributed by atoms with E-state index in [1.807, 2.05) is 101 Å². The van der Waals surface area contributed by atoms with E-state index in [9.17, 15) is 0 Å². The molecule has 1 aliphatic rings. The van der Waals surface area contributed by atoms with Gasteiger partial charge in [0.05, 0.1) is 12.3 Å². The van der Waals surface area contributed by atoms with Crippen LogP contribution in [0.2, 0.25) is 0 Å². The zero-order chi connectivity index (χ0) is 50.3. The number of hydrogen-bond acceptors (Lipinski definition) is 4. The number of pyridine rings is 1. The Balaban J connectivity index is 0.00000611. The van der Waals surface area contributed by atoms with Crippen molar-refractivity contribution in [2.75, 3.05) is 9.80 Å². The smallest absolute Gasteiger partial charge is 0.135 e. The number of para-hydroxylation sites is 1. The summed E-state index contributed by atoms with van der Waals surface area (Å²) < 4.78 is 87.4. The predicted octanol–water partition coefficient (Wildman–Crippen LogP) is 15.3. The zero-order valence-corrected chi connectivity index (χ0v) is 37.2. The summed E-state index contributed by atoms with van der Waals surface area (Å²) in [5, 5.41) is 2.02. The van der Waals surface area contributed by atoms with Gasteiger partial charge in [0.15, 0.2) is 0 Å². The number of rotatable bonds is 8. The minimum absolute atomic E-state index is 0. The van der Waals surface area contributed by atoms with Crippen LogP contribution in [0, 0.1) is 18.8 Å². The van der Waals surface area contributed by atoms with Crippen LogP contribution >= 0.6 is 0 Å². The van der Waals surface area contributed by atoms with Gasteiger partial charge in [-0.3, -0.25) is 0 Å². The molecule has 3 heterocycles. The van der Waals surface area contributed by atoms with Gasteiger partial charge in [-0.1, -0.05) is 160 Å². The second-order valence-corrected chi connectivity index (χ2v) is 16.3. The summed E-state index contributed by atoms with van der Waals surface area (Å²) in [6, 6.07) is 47.8. The molecule has 0 radical (unpaired) electrons. The topological polar surface area (TPSA) is 33.5 Å². The quantitative estimate of drug-likeness (QED) is 0.142. The van der Waals surface area contributed by atoms with Crippen molar-refractivity contribution >= 4 is 44.6 Å². The van der Waals surface area contributed by atoms with Crippen LogP contribution in [0.15, 0.2) is 200 Å². The molecule has 0 spiro atoms. The fourth-order valence-corrected chi connectivity index (χ4v) is 8.30. The summed E-state index contributed by atoms with van der Waals surface area (Å²) in [5.41, 5.74) is 7.64. The first-order valence-electron chi connectivity index (χ1n) is 25.1. The molecule has 0 unspecified atom stereocenters. The summed E-state index contributed by atoms with van der Waals surface area (Å²) in [6.07, 6.45) is 1.77. The Morgan fingerprint density at radius 3 is 2.12 bits per heavy atom. The van der Waals surface area contributed by atoms with Crippen LogP contribution in [0.1, 0.15) is 38.7 Å². The van der Waals surface area contributed by atoms with Crippen molar-refractivity contribution < 1.29 is 38.1 Å². The Morgan fingerprint density at radius 1 is 0.578 bits per heavy atom. The van der Waals surface area contributed by atoms with Gasteiger partial charge < -0.3 is 19.1 Å². The van der Waals surface area contributed by atoms with Crippen LogP contribution in [0.25, 0.3) is 61.0 Å². The molecule has 314 valence electrons. The van der Waals surface area contributed by atoms with E-state index in [0.29, 0.717) is 34.1 Å². The maximum Gasteiger partial charge on any atom is 0.135 e. The van der Waals surface area contributed by atoms with Crippen molar-refractivity contribution in [2.24, 2.45) is 0 Å². The monoisotopic (exact) mass is 1020 g/mol. The van der Waals surface area contributed by atoms with E-state index in [2.05, 4.69) is 67.8 Å². The molecule has 6 heteroatoms. The van der Waals surface area contributed by atoms with E-state index in [-0.39, 0.29) is 55.3 Å². The SMILES string of the molecule is [2H]c1cc(-c2cccc(-c3c([2H])c([2H])c([2H])c([2H])c3[2H])c2N2[CH-]N(c3[c-]c(Oc4[c-]c5c(cc4)c4cc(-c6ccccc6)ccc4n5-c4ccccn4)ccc3)c3ccc(C(C)(C)C)cc32)c([2H])c([2H])c1[2H].[Pt]. The van der Waals surface area contributed by atoms with Gasteiger partial charge in [-0.15, -0.1) is 48.1 Å². The van der Waals surface area contributed by atoms with Crippen LogP contribution in [-0.2, 0) is 26.5 Å². The third kappa shape index (κ3) is 7.46. The molecule has 5 nitrogen and oxygen atoms in total. The van der Waals surface area contributed by atoms with Gasteiger partial charge in [0.25, 0.3) is 0 Å². The Hall–Kier alpha value is -7.20. The van der Waals surface area contributed by atoms with E-state index >= 15 is 0 Å². The van der Waals surface area contributed by atoms with Gasteiger partial charge >= 0.3 is 0 Å². The summed E-state index contributed by atoms with van der Waals surface area (Å²) in [5.74, 6) is 1.58. The first kappa shape index (κ1) is 31.6. The number of ether oxygens (including phenoxy) is 1. The van der Waals surface area contributed by atoms with Gasteiger partial charge in [-0.25, -0.2) is 4.98 Å². The van der Waals surface area contributed by atoms with Crippen LogP contribution in [0.5, 0.6) is 11.5 Å². The van der Waals surface area contributed by atoms with Crippen LogP contribution < -0.4 is 14.5 Å². The first-order valence-corrected chi connectivity index (χ1v) is 20.6. The summed E-state index contributed by atoms with van der Waals surface area (Å²) >= 11 is 0. The van der Waals surface area contributed by atoms with E-state index in [1.54, 1.807) is 24.4 Å². The Kier molecular flexibility index (Phi) is 8.31. The molecule has 8 aromatic carbocycles. The Morgan fingerprint density at radius 2 is 1.33 bits per heavy atom. The second kappa shape index (κ2) is 16.8. The van der Waals surface area contributed by atoms with Gasteiger partial charge in [-0.05, 0) is 69.0 Å². The molecule has 0 fully saturated rings. The standard InChI is InChI=1S/C58H43N4O.Pt/c1-58(2,3)44-29-33-53-55(36-44)61(57-48(41-19-9-5-10-20-41)25-16-26-49(57)42-21-11-6-12-22-42)39-60(53)45-23-15-24-46(37-45)63-47-30-31-50-51-35-43(40-17-7-4-8-18-40)28-32-52(51)62(54(50)38-47)56-27-13-14-34-59-56;/h4-36,39H,1-3H3;/q-3;/i5D,6D,9D,10D,11D,12D,19D,20D,21D;. The van der Waals surface area contributed by atoms with E-state index < -0.39 is 42.3 Å². The molecular weight excluding hydrogens is 964 g/mol. The van der Waals surface area contributed by atoms with E-state index in [0.717, 1.165) is 50.0 Å². The van der Waals surface area contributed by atoms with Crippen LogP contribution in [0.3, 0.4) is 0 Å². The molecular formula is C58H43N4OPt-3. The van der Waals surface area contributed by atoms with E-state index in [1.165, 1.54) is 6.07 Å². The molecule has 1 aliphatic heterocycles. The molecule has 0 N–H and O–H groups in total. The van der Waals surface area contributed by atoms with Gasteiger partial charge in [-0.2, -0.15) is 12.1 Å². The van der Waals surface area contributed by atoms with Crippen molar-refractivity contribution in [3.63, 3.8) is 0 Å². The van der Waals surface area contributed by atoms with Crippen molar-refractivity contribution in [3.05, 3.63) is 224 Å². The minimum atomic E-state index is -0.536. The number of anilines is 4. The second-order valence-electron chi connectivity index (χ2n) is 16.3.